The van der Waals surface area contributed by atoms with E-state index in [1.54, 1.807) is 55.6 Å². The number of benzene rings is 3. The molecule has 3 aromatic carbocycles. The molecule has 0 spiro atoms. The third-order valence-electron chi connectivity index (χ3n) is 14.3. The number of carbonyl (C=O) groups excluding carboxylic acids is 2. The zero-order chi connectivity index (χ0) is 38.0. The first-order chi connectivity index (χ1) is 26.0. The van der Waals surface area contributed by atoms with Crippen LogP contribution < -0.4 is 14.2 Å². The Labute approximate surface area is 323 Å². The van der Waals surface area contributed by atoms with E-state index < -0.39 is 12.1 Å². The van der Waals surface area contributed by atoms with Gasteiger partial charge in [-0.3, -0.25) is 0 Å². The highest BCUT2D eigenvalue weighted by atomic mass is 16.7. The number of allylic oxidation sites excluding steroid dienone is 1. The number of ether oxygens (including phenoxy) is 4. The van der Waals surface area contributed by atoms with E-state index in [2.05, 4.69) is 40.7 Å². The summed E-state index contributed by atoms with van der Waals surface area (Å²) in [6.07, 6.45) is 15.4. The Morgan fingerprint density at radius 3 is 2.04 bits per heavy atom. The molecule has 6 nitrogen and oxygen atoms in total. The Kier molecular flexibility index (Phi) is 11.3. The summed E-state index contributed by atoms with van der Waals surface area (Å²) in [5.41, 5.74) is 4.55. The highest BCUT2D eigenvalue weighted by Crippen LogP contribution is 2.67. The zero-order valence-electron chi connectivity index (χ0n) is 33.3. The second-order valence-electron chi connectivity index (χ2n) is 17.8. The molecule has 0 radical (unpaired) electrons. The summed E-state index contributed by atoms with van der Waals surface area (Å²) in [6, 6.07) is 21.5. The van der Waals surface area contributed by atoms with Gasteiger partial charge in [0, 0.05) is 6.42 Å². The van der Waals surface area contributed by atoms with Crippen LogP contribution in [0.3, 0.4) is 0 Å². The van der Waals surface area contributed by atoms with Gasteiger partial charge >= 0.3 is 12.1 Å². The van der Waals surface area contributed by atoms with Crippen LogP contribution in [0.4, 0.5) is 4.79 Å². The summed E-state index contributed by atoms with van der Waals surface area (Å²) < 4.78 is 22.3. The van der Waals surface area contributed by atoms with Crippen molar-refractivity contribution < 1.29 is 28.5 Å². The first-order valence-corrected chi connectivity index (χ1v) is 20.6. The van der Waals surface area contributed by atoms with Gasteiger partial charge in [0.15, 0.2) is 0 Å². The van der Waals surface area contributed by atoms with Crippen LogP contribution in [-0.2, 0) is 4.74 Å². The molecule has 3 fully saturated rings. The molecule has 0 saturated heterocycles. The van der Waals surface area contributed by atoms with Gasteiger partial charge in [-0.1, -0.05) is 89.8 Å². The summed E-state index contributed by atoms with van der Waals surface area (Å²) in [4.78, 5) is 25.5. The van der Waals surface area contributed by atoms with Gasteiger partial charge in [0.25, 0.3) is 0 Å². The lowest BCUT2D eigenvalue weighted by atomic mass is 9.47. The summed E-state index contributed by atoms with van der Waals surface area (Å²) in [6.45, 7) is 12.5. The van der Waals surface area contributed by atoms with Crippen molar-refractivity contribution in [2.45, 2.75) is 111 Å². The molecule has 4 aliphatic carbocycles. The van der Waals surface area contributed by atoms with Gasteiger partial charge in [-0.2, -0.15) is 0 Å². The van der Waals surface area contributed by atoms with Crippen LogP contribution in [0.15, 0.2) is 84.4 Å². The molecular formula is C48H60O6. The van der Waals surface area contributed by atoms with E-state index >= 15 is 0 Å². The fraction of sp³-hybridized carbons (Fsp3) is 0.542. The minimum Gasteiger partial charge on any atom is -0.497 e. The molecule has 0 N–H and O–H groups in total. The number of hydrogen-bond donors (Lipinski definition) is 0. The largest absolute Gasteiger partial charge is 0.514 e. The van der Waals surface area contributed by atoms with Crippen molar-refractivity contribution >= 4 is 12.1 Å². The van der Waals surface area contributed by atoms with Crippen LogP contribution >= 0.6 is 0 Å². The van der Waals surface area contributed by atoms with Crippen LogP contribution in [0.25, 0.3) is 11.1 Å². The van der Waals surface area contributed by atoms with E-state index in [9.17, 15) is 9.59 Å². The Balaban J connectivity index is 0.904. The molecule has 8 atom stereocenters. The maximum Gasteiger partial charge on any atom is 0.514 e. The standard InChI is InChI=1S/C48H60O6/c1-31(2)8-7-9-32(3)42-24-25-43-41-23-16-36-30-40(26-28-47(36,4)44(41)27-29-48(42,43)5)54-46(50)53-39-21-12-34(13-22-39)33-10-19-38(20-11-33)52-45(49)35-14-17-37(51-6)18-15-35/h10-22,31-32,40-44H,7-9,23-30H2,1-6H3/t32-,40?,41?,42-,43?,44?,47+,48-/m1/s1. The quantitative estimate of drug-likeness (QED) is 0.0846. The number of carbonyl (C=O) groups is 2. The molecule has 6 heteroatoms. The predicted molar refractivity (Wildman–Crippen MR) is 214 cm³/mol. The average molecular weight is 733 g/mol. The number of hydrogen-bond acceptors (Lipinski definition) is 6. The molecule has 3 aromatic rings. The SMILES string of the molecule is COc1ccc(C(=O)Oc2ccc(-c3ccc(OC(=O)OC4CC[C@@]5(C)C(=CCC6C5CC[C@@]5(C)C6CC[C@@H]5[C@H](C)CCCC(C)C)C4)cc3)cc2)cc1. The summed E-state index contributed by atoms with van der Waals surface area (Å²) in [5.74, 6) is 6.02. The highest BCUT2D eigenvalue weighted by molar-refractivity contribution is 5.91. The summed E-state index contributed by atoms with van der Waals surface area (Å²) in [5, 5.41) is 0. The molecule has 0 bridgehead atoms. The van der Waals surface area contributed by atoms with Crippen LogP contribution in [0.2, 0.25) is 0 Å². The lowest BCUT2D eigenvalue weighted by Crippen LogP contribution is -2.51. The van der Waals surface area contributed by atoms with Gasteiger partial charge < -0.3 is 18.9 Å². The van der Waals surface area contributed by atoms with Crippen molar-refractivity contribution in [3.8, 4) is 28.4 Å². The van der Waals surface area contributed by atoms with Crippen LogP contribution in [-0.4, -0.2) is 25.3 Å². The Morgan fingerprint density at radius 2 is 1.39 bits per heavy atom. The zero-order valence-corrected chi connectivity index (χ0v) is 33.3. The molecular weight excluding hydrogens is 673 g/mol. The maximum atomic E-state index is 13.0. The van der Waals surface area contributed by atoms with Crippen LogP contribution in [0.1, 0.15) is 116 Å². The Hall–Kier alpha value is -4.06. The third kappa shape index (κ3) is 7.86. The molecule has 0 amide bonds. The lowest BCUT2D eigenvalue weighted by molar-refractivity contribution is -0.0597. The Bertz CT molecular complexity index is 1790. The van der Waals surface area contributed by atoms with E-state index in [1.165, 1.54) is 56.9 Å². The van der Waals surface area contributed by atoms with Gasteiger partial charge in [-0.05, 0) is 151 Å². The van der Waals surface area contributed by atoms with Crippen molar-refractivity contribution in [2.75, 3.05) is 7.11 Å². The van der Waals surface area contributed by atoms with E-state index in [0.717, 1.165) is 65.9 Å². The van der Waals surface area contributed by atoms with Gasteiger partial charge in [-0.25, -0.2) is 9.59 Å². The molecule has 4 unspecified atom stereocenters. The van der Waals surface area contributed by atoms with Crippen molar-refractivity contribution in [3.63, 3.8) is 0 Å². The number of fused-ring (bicyclic) bond motifs is 5. The van der Waals surface area contributed by atoms with Crippen molar-refractivity contribution in [1.29, 1.82) is 0 Å². The molecule has 0 aliphatic heterocycles. The molecule has 54 heavy (non-hydrogen) atoms. The van der Waals surface area contributed by atoms with Gasteiger partial charge in [0.2, 0.25) is 0 Å². The number of esters is 1. The highest BCUT2D eigenvalue weighted by Gasteiger charge is 2.59. The average Bonchev–Trinajstić information content (AvgIpc) is 3.53. The molecule has 7 rings (SSSR count). The minimum absolute atomic E-state index is 0.151. The fourth-order valence-electron chi connectivity index (χ4n) is 11.3. The number of rotatable bonds is 11. The van der Waals surface area contributed by atoms with Gasteiger partial charge in [0.1, 0.15) is 23.4 Å². The normalized spacial score (nSPS) is 29.2. The van der Waals surface area contributed by atoms with E-state index in [0.29, 0.717) is 28.2 Å². The van der Waals surface area contributed by atoms with E-state index in [4.69, 9.17) is 18.9 Å². The van der Waals surface area contributed by atoms with Crippen LogP contribution in [0.5, 0.6) is 17.2 Å². The lowest BCUT2D eigenvalue weighted by Gasteiger charge is -2.58. The second kappa shape index (κ2) is 16.0. The molecule has 3 saturated carbocycles. The smallest absolute Gasteiger partial charge is 0.497 e. The first-order valence-electron chi connectivity index (χ1n) is 20.6. The molecule has 288 valence electrons. The summed E-state index contributed by atoms with van der Waals surface area (Å²) >= 11 is 0. The van der Waals surface area contributed by atoms with Crippen molar-refractivity contribution in [2.24, 2.45) is 46.3 Å². The monoisotopic (exact) mass is 732 g/mol. The predicted octanol–water partition coefficient (Wildman–Crippen LogP) is 12.5. The van der Waals surface area contributed by atoms with Crippen molar-refractivity contribution in [3.05, 3.63) is 90.0 Å². The van der Waals surface area contributed by atoms with Crippen molar-refractivity contribution in [1.82, 2.24) is 0 Å². The topological polar surface area (TPSA) is 71.1 Å². The summed E-state index contributed by atoms with van der Waals surface area (Å²) in [7, 11) is 1.58. The van der Waals surface area contributed by atoms with Gasteiger partial charge in [0.05, 0.1) is 12.7 Å². The first kappa shape index (κ1) is 38.2. The Morgan fingerprint density at radius 1 is 0.741 bits per heavy atom. The van der Waals surface area contributed by atoms with E-state index in [1.807, 2.05) is 24.3 Å². The third-order valence-corrected chi connectivity index (χ3v) is 14.3. The fourth-order valence-corrected chi connectivity index (χ4v) is 11.3. The maximum absolute atomic E-state index is 13.0. The van der Waals surface area contributed by atoms with E-state index in [-0.39, 0.29) is 11.5 Å². The van der Waals surface area contributed by atoms with Gasteiger partial charge in [-0.15, -0.1) is 0 Å². The number of methoxy groups -OCH3 is 1. The molecule has 0 heterocycles. The van der Waals surface area contributed by atoms with Crippen LogP contribution in [0, 0.1) is 46.3 Å². The minimum atomic E-state index is -0.637. The molecule has 4 aliphatic rings. The second-order valence-corrected chi connectivity index (χ2v) is 17.8. The molecule has 0 aromatic heterocycles.